The minimum absolute atomic E-state index is 0.0668. The van der Waals surface area contributed by atoms with Crippen molar-refractivity contribution in [2.45, 2.75) is 25.5 Å². The largest absolute Gasteiger partial charge is 0.479 e. The Morgan fingerprint density at radius 3 is 2.78 bits per heavy atom. The SMILES string of the molecule is CC1Oc2ccccc2N(CCC(=O)NCC(c2cccs2)N(C)C)C1=O. The average molecular weight is 388 g/mol. The molecule has 27 heavy (non-hydrogen) atoms. The maximum atomic E-state index is 12.5. The minimum atomic E-state index is -0.542. The maximum Gasteiger partial charge on any atom is 0.267 e. The molecule has 1 aromatic heterocycles. The third-order valence-electron chi connectivity index (χ3n) is 4.62. The molecule has 1 aromatic carbocycles. The molecule has 0 aliphatic carbocycles. The van der Waals surface area contributed by atoms with Crippen LogP contribution in [0.15, 0.2) is 41.8 Å². The molecule has 6 nitrogen and oxygen atoms in total. The van der Waals surface area contributed by atoms with E-state index in [0.717, 1.165) is 5.69 Å². The van der Waals surface area contributed by atoms with Crippen molar-refractivity contribution < 1.29 is 14.3 Å². The molecular formula is C20H25N3O3S. The molecule has 1 aliphatic rings. The molecule has 2 heterocycles. The highest BCUT2D eigenvalue weighted by Gasteiger charge is 2.31. The Kier molecular flexibility index (Phi) is 6.13. The van der Waals surface area contributed by atoms with Gasteiger partial charge >= 0.3 is 0 Å². The van der Waals surface area contributed by atoms with Gasteiger partial charge < -0.3 is 19.9 Å². The number of anilines is 1. The Hall–Kier alpha value is -2.38. The van der Waals surface area contributed by atoms with E-state index in [-0.39, 0.29) is 24.3 Å². The number of rotatable bonds is 7. The second kappa shape index (κ2) is 8.54. The van der Waals surface area contributed by atoms with E-state index in [1.54, 1.807) is 23.2 Å². The van der Waals surface area contributed by atoms with Crippen LogP contribution >= 0.6 is 11.3 Å². The Morgan fingerprint density at radius 1 is 1.30 bits per heavy atom. The van der Waals surface area contributed by atoms with E-state index in [1.165, 1.54) is 4.88 Å². The highest BCUT2D eigenvalue weighted by molar-refractivity contribution is 7.10. The molecule has 0 bridgehead atoms. The van der Waals surface area contributed by atoms with E-state index in [4.69, 9.17) is 4.74 Å². The first kappa shape index (κ1) is 19.4. The number of thiophene rings is 1. The Labute approximate surface area is 163 Å². The van der Waals surface area contributed by atoms with Crippen LogP contribution in [0.25, 0.3) is 0 Å². The van der Waals surface area contributed by atoms with Crippen LogP contribution in [0.5, 0.6) is 5.75 Å². The number of hydrogen-bond donors (Lipinski definition) is 1. The standard InChI is InChI=1S/C20H25N3O3S/c1-14-20(25)23(15-7-4-5-8-17(15)26-14)11-10-19(24)21-13-16(22(2)3)18-9-6-12-27-18/h4-9,12,14,16H,10-11,13H2,1-3H3,(H,21,24). The summed E-state index contributed by atoms with van der Waals surface area (Å²) in [6, 6.07) is 11.6. The van der Waals surface area contributed by atoms with Crippen molar-refractivity contribution in [1.29, 1.82) is 0 Å². The third-order valence-corrected chi connectivity index (χ3v) is 5.60. The highest BCUT2D eigenvalue weighted by atomic mass is 32.1. The number of hydrogen-bond acceptors (Lipinski definition) is 5. The fourth-order valence-corrected chi connectivity index (χ4v) is 4.04. The summed E-state index contributed by atoms with van der Waals surface area (Å²) in [5, 5.41) is 5.04. The minimum Gasteiger partial charge on any atom is -0.479 e. The van der Waals surface area contributed by atoms with E-state index in [9.17, 15) is 9.59 Å². The van der Waals surface area contributed by atoms with Crippen molar-refractivity contribution >= 4 is 28.8 Å². The van der Waals surface area contributed by atoms with Gasteiger partial charge in [-0.3, -0.25) is 9.59 Å². The fourth-order valence-electron chi connectivity index (χ4n) is 3.12. The Balaban J connectivity index is 1.58. The van der Waals surface area contributed by atoms with Crippen molar-refractivity contribution in [2.24, 2.45) is 0 Å². The number of fused-ring (bicyclic) bond motifs is 1. The summed E-state index contributed by atoms with van der Waals surface area (Å²) < 4.78 is 5.63. The lowest BCUT2D eigenvalue weighted by Gasteiger charge is -2.32. The zero-order valence-electron chi connectivity index (χ0n) is 15.8. The van der Waals surface area contributed by atoms with Crippen LogP contribution in [0.2, 0.25) is 0 Å². The molecule has 2 aromatic rings. The summed E-state index contributed by atoms with van der Waals surface area (Å²) in [5.41, 5.74) is 0.721. The van der Waals surface area contributed by atoms with Gasteiger partial charge in [0.05, 0.1) is 11.7 Å². The smallest absolute Gasteiger partial charge is 0.267 e. The number of amides is 2. The summed E-state index contributed by atoms with van der Waals surface area (Å²) in [5.74, 6) is 0.490. The number of carbonyl (C=O) groups excluding carboxylic acids is 2. The van der Waals surface area contributed by atoms with E-state index < -0.39 is 6.10 Å². The van der Waals surface area contributed by atoms with Crippen LogP contribution in [0, 0.1) is 0 Å². The molecule has 2 amide bonds. The van der Waals surface area contributed by atoms with E-state index in [2.05, 4.69) is 16.3 Å². The first-order valence-corrected chi connectivity index (χ1v) is 9.89. The summed E-state index contributed by atoms with van der Waals surface area (Å²) in [6.07, 6.45) is -0.294. The molecule has 2 atom stereocenters. The fraction of sp³-hybridized carbons (Fsp3) is 0.400. The predicted molar refractivity (Wildman–Crippen MR) is 107 cm³/mol. The maximum absolute atomic E-state index is 12.5. The number of likely N-dealkylation sites (N-methyl/N-ethyl adjacent to an activating group) is 1. The molecule has 0 fully saturated rings. The third kappa shape index (κ3) is 4.48. The van der Waals surface area contributed by atoms with Gasteiger partial charge in [0, 0.05) is 24.4 Å². The van der Waals surface area contributed by atoms with Crippen LogP contribution in [-0.2, 0) is 9.59 Å². The zero-order chi connectivity index (χ0) is 19.4. The lowest BCUT2D eigenvalue weighted by atomic mass is 10.1. The second-order valence-electron chi connectivity index (χ2n) is 6.77. The summed E-state index contributed by atoms with van der Waals surface area (Å²) in [7, 11) is 4.00. The molecule has 1 N–H and O–H groups in total. The average Bonchev–Trinajstić information content (AvgIpc) is 3.16. The van der Waals surface area contributed by atoms with Gasteiger partial charge in [-0.15, -0.1) is 11.3 Å². The van der Waals surface area contributed by atoms with Gasteiger partial charge in [-0.05, 0) is 44.6 Å². The van der Waals surface area contributed by atoms with E-state index in [0.29, 0.717) is 18.8 Å². The number of ether oxygens (including phenoxy) is 1. The van der Waals surface area contributed by atoms with Crippen LogP contribution in [-0.4, -0.2) is 50.0 Å². The summed E-state index contributed by atoms with van der Waals surface area (Å²) in [6.45, 7) is 2.60. The lowest BCUT2D eigenvalue weighted by molar-refractivity contribution is -0.125. The zero-order valence-corrected chi connectivity index (χ0v) is 16.7. The monoisotopic (exact) mass is 387 g/mol. The van der Waals surface area contributed by atoms with Crippen LogP contribution < -0.4 is 15.0 Å². The quantitative estimate of drug-likeness (QED) is 0.793. The van der Waals surface area contributed by atoms with Gasteiger partial charge in [-0.25, -0.2) is 0 Å². The van der Waals surface area contributed by atoms with Gasteiger partial charge in [0.1, 0.15) is 5.75 Å². The number of nitrogens with one attached hydrogen (secondary N) is 1. The van der Waals surface area contributed by atoms with Crippen molar-refractivity contribution in [2.75, 3.05) is 32.1 Å². The molecule has 144 valence electrons. The predicted octanol–water partition coefficient (Wildman–Crippen LogP) is 2.67. The highest BCUT2D eigenvalue weighted by Crippen LogP contribution is 2.33. The van der Waals surface area contributed by atoms with Gasteiger partial charge in [0.15, 0.2) is 6.10 Å². The number of benzene rings is 1. The van der Waals surface area contributed by atoms with Crippen LogP contribution in [0.3, 0.4) is 0 Å². The van der Waals surface area contributed by atoms with Gasteiger partial charge in [-0.2, -0.15) is 0 Å². The normalized spacial score (nSPS) is 17.4. The van der Waals surface area contributed by atoms with Crippen molar-refractivity contribution in [3.63, 3.8) is 0 Å². The lowest BCUT2D eigenvalue weighted by Crippen LogP contribution is -2.46. The molecule has 0 saturated carbocycles. The van der Waals surface area contributed by atoms with Crippen LogP contribution in [0.4, 0.5) is 5.69 Å². The molecular weight excluding hydrogens is 362 g/mol. The second-order valence-corrected chi connectivity index (χ2v) is 7.75. The Bertz CT molecular complexity index is 792. The Morgan fingerprint density at radius 2 is 2.07 bits per heavy atom. The topological polar surface area (TPSA) is 61.9 Å². The van der Waals surface area contributed by atoms with Crippen molar-refractivity contribution in [3.8, 4) is 5.75 Å². The van der Waals surface area contributed by atoms with Crippen LogP contribution in [0.1, 0.15) is 24.3 Å². The van der Waals surface area contributed by atoms with E-state index >= 15 is 0 Å². The molecule has 0 spiro atoms. The number of carbonyl (C=O) groups is 2. The molecule has 3 rings (SSSR count). The molecule has 2 unspecified atom stereocenters. The molecule has 1 aliphatic heterocycles. The van der Waals surface area contributed by atoms with E-state index in [1.807, 2.05) is 49.8 Å². The van der Waals surface area contributed by atoms with Gasteiger partial charge in [-0.1, -0.05) is 18.2 Å². The molecule has 0 radical (unpaired) electrons. The van der Waals surface area contributed by atoms with Gasteiger partial charge in [0.2, 0.25) is 5.91 Å². The molecule has 7 heteroatoms. The molecule has 0 saturated heterocycles. The van der Waals surface area contributed by atoms with Crippen molar-refractivity contribution in [1.82, 2.24) is 10.2 Å². The summed E-state index contributed by atoms with van der Waals surface area (Å²) in [4.78, 5) is 29.8. The number of para-hydroxylation sites is 2. The summed E-state index contributed by atoms with van der Waals surface area (Å²) >= 11 is 1.68. The van der Waals surface area contributed by atoms with Gasteiger partial charge in [0.25, 0.3) is 5.91 Å². The number of nitrogens with zero attached hydrogens (tertiary/aromatic N) is 2. The first-order valence-electron chi connectivity index (χ1n) is 9.01. The first-order chi connectivity index (χ1) is 13.0. The van der Waals surface area contributed by atoms with Crippen molar-refractivity contribution in [3.05, 3.63) is 46.7 Å².